The highest BCUT2D eigenvalue weighted by Gasteiger charge is 2.18. The Morgan fingerprint density at radius 1 is 1.20 bits per heavy atom. The maximum Gasteiger partial charge on any atom is 0.163 e. The van der Waals surface area contributed by atoms with Crippen molar-refractivity contribution in [2.75, 3.05) is 19.5 Å². The number of nitrogens with zero attached hydrogens (tertiary/aromatic N) is 4. The molecule has 0 aliphatic heterocycles. The number of ether oxygens (including phenoxy) is 1. The fourth-order valence-electron chi connectivity index (χ4n) is 3.03. The van der Waals surface area contributed by atoms with Crippen LogP contribution in [0.1, 0.15) is 5.56 Å². The van der Waals surface area contributed by atoms with Crippen molar-refractivity contribution in [2.45, 2.75) is 6.92 Å². The summed E-state index contributed by atoms with van der Waals surface area (Å²) in [5, 5.41) is 8.94. The van der Waals surface area contributed by atoms with Crippen LogP contribution < -0.4 is 10.1 Å². The van der Waals surface area contributed by atoms with Crippen LogP contribution in [0.4, 0.5) is 5.82 Å². The molecule has 0 radical (unpaired) electrons. The lowest BCUT2D eigenvalue weighted by Crippen LogP contribution is -1.99. The molecule has 3 heterocycles. The van der Waals surface area contributed by atoms with E-state index in [1.54, 1.807) is 13.4 Å². The molecule has 4 aromatic rings. The lowest BCUT2D eigenvalue weighted by Gasteiger charge is -2.14. The zero-order chi connectivity index (χ0) is 17.6. The number of aromatic nitrogens is 4. The smallest absolute Gasteiger partial charge is 0.163 e. The van der Waals surface area contributed by atoms with E-state index in [2.05, 4.69) is 20.4 Å². The Morgan fingerprint density at radius 3 is 2.80 bits per heavy atom. The van der Waals surface area contributed by atoms with Crippen LogP contribution in [0.2, 0.25) is 5.02 Å². The molecule has 1 aromatic carbocycles. The Labute approximate surface area is 149 Å². The number of hydrogen-bond acceptors (Lipinski definition) is 5. The maximum atomic E-state index is 6.61. The van der Waals surface area contributed by atoms with Crippen molar-refractivity contribution in [3.05, 3.63) is 47.4 Å². The fraction of sp³-hybridized carbons (Fsp3) is 0.167. The number of nitrogens with one attached hydrogen (secondary N) is 1. The van der Waals surface area contributed by atoms with Gasteiger partial charge in [0.05, 0.1) is 17.6 Å². The first-order valence-corrected chi connectivity index (χ1v) is 8.15. The van der Waals surface area contributed by atoms with Gasteiger partial charge in [-0.15, -0.1) is 0 Å². The lowest BCUT2D eigenvalue weighted by molar-refractivity contribution is 0.415. The Bertz CT molecular complexity index is 1110. The maximum absolute atomic E-state index is 6.61. The van der Waals surface area contributed by atoms with Gasteiger partial charge in [0, 0.05) is 35.8 Å². The number of methoxy groups -OCH3 is 1. The second-order valence-electron chi connectivity index (χ2n) is 5.71. The summed E-state index contributed by atoms with van der Waals surface area (Å²) in [4.78, 5) is 8.85. The number of fused-ring (bicyclic) bond motifs is 3. The highest BCUT2D eigenvalue weighted by Crippen LogP contribution is 2.40. The summed E-state index contributed by atoms with van der Waals surface area (Å²) < 4.78 is 7.19. The monoisotopic (exact) mass is 353 g/mol. The number of benzene rings is 1. The van der Waals surface area contributed by atoms with E-state index >= 15 is 0 Å². The summed E-state index contributed by atoms with van der Waals surface area (Å²) in [5.74, 6) is 1.40. The van der Waals surface area contributed by atoms with Crippen LogP contribution in [0.3, 0.4) is 0 Å². The van der Waals surface area contributed by atoms with E-state index in [1.165, 1.54) is 0 Å². The molecule has 0 fully saturated rings. The van der Waals surface area contributed by atoms with Crippen molar-refractivity contribution in [1.82, 2.24) is 19.6 Å². The van der Waals surface area contributed by atoms with E-state index in [4.69, 9.17) is 16.3 Å². The van der Waals surface area contributed by atoms with Crippen LogP contribution in [0.25, 0.3) is 27.7 Å². The first-order chi connectivity index (χ1) is 12.1. The average molecular weight is 354 g/mol. The van der Waals surface area contributed by atoms with E-state index < -0.39 is 0 Å². The van der Waals surface area contributed by atoms with Gasteiger partial charge >= 0.3 is 0 Å². The zero-order valence-electron chi connectivity index (χ0n) is 14.0. The summed E-state index contributed by atoms with van der Waals surface area (Å²) in [6.45, 7) is 2.01. The summed E-state index contributed by atoms with van der Waals surface area (Å²) in [6.07, 6.45) is 3.36. The molecule has 3 aromatic heterocycles. The van der Waals surface area contributed by atoms with Gasteiger partial charge in [0.2, 0.25) is 0 Å². The predicted molar refractivity (Wildman–Crippen MR) is 99.6 cm³/mol. The molecule has 7 heteroatoms. The lowest BCUT2D eigenvalue weighted by atomic mass is 9.99. The summed E-state index contributed by atoms with van der Waals surface area (Å²) in [6, 6.07) is 7.84. The van der Waals surface area contributed by atoms with Gasteiger partial charge in [-0.05, 0) is 24.6 Å². The van der Waals surface area contributed by atoms with Crippen molar-refractivity contribution < 1.29 is 4.74 Å². The third-order valence-corrected chi connectivity index (χ3v) is 4.66. The van der Waals surface area contributed by atoms with Crippen molar-refractivity contribution in [2.24, 2.45) is 0 Å². The largest absolute Gasteiger partial charge is 0.495 e. The zero-order valence-corrected chi connectivity index (χ0v) is 14.8. The van der Waals surface area contributed by atoms with E-state index in [9.17, 15) is 0 Å². The van der Waals surface area contributed by atoms with Gasteiger partial charge in [0.1, 0.15) is 17.9 Å². The quantitative estimate of drug-likeness (QED) is 0.604. The van der Waals surface area contributed by atoms with Gasteiger partial charge in [-0.2, -0.15) is 5.10 Å². The molecular formula is C18H16ClN5O. The summed E-state index contributed by atoms with van der Waals surface area (Å²) in [5.41, 5.74) is 4.48. The van der Waals surface area contributed by atoms with Gasteiger partial charge < -0.3 is 10.1 Å². The molecule has 4 rings (SSSR count). The minimum atomic E-state index is 0.562. The molecule has 0 aliphatic carbocycles. The van der Waals surface area contributed by atoms with Crippen molar-refractivity contribution in [3.8, 4) is 16.9 Å². The second-order valence-corrected chi connectivity index (χ2v) is 6.08. The number of hydrogen-bond donors (Lipinski definition) is 1. The molecule has 0 saturated carbocycles. The van der Waals surface area contributed by atoms with Crippen molar-refractivity contribution in [3.63, 3.8) is 0 Å². The molecule has 25 heavy (non-hydrogen) atoms. The molecule has 0 spiro atoms. The van der Waals surface area contributed by atoms with Crippen LogP contribution in [0.5, 0.6) is 5.75 Å². The number of rotatable bonds is 3. The standard InChI is InChI=1S/C18H16ClN5O/c1-10-4-5-14(25-3)17(19)16(10)12-6-11-8-21-15(20-2)7-13(11)24-18(12)22-9-23-24/h4-9H,1-3H3,(H,20,21). The van der Waals surface area contributed by atoms with Gasteiger partial charge in [-0.3, -0.25) is 0 Å². The second kappa shape index (κ2) is 5.89. The molecule has 126 valence electrons. The molecule has 6 nitrogen and oxygen atoms in total. The van der Waals surface area contributed by atoms with Crippen LogP contribution in [-0.4, -0.2) is 33.7 Å². The molecule has 0 unspecified atom stereocenters. The first-order valence-electron chi connectivity index (χ1n) is 7.77. The van der Waals surface area contributed by atoms with E-state index in [0.29, 0.717) is 10.8 Å². The van der Waals surface area contributed by atoms with Crippen molar-refractivity contribution in [1.29, 1.82) is 0 Å². The summed E-state index contributed by atoms with van der Waals surface area (Å²) in [7, 11) is 3.44. The minimum Gasteiger partial charge on any atom is -0.495 e. The fourth-order valence-corrected chi connectivity index (χ4v) is 3.42. The highest BCUT2D eigenvalue weighted by atomic mass is 35.5. The van der Waals surface area contributed by atoms with E-state index in [0.717, 1.165) is 39.1 Å². The third kappa shape index (κ3) is 2.37. The third-order valence-electron chi connectivity index (χ3n) is 4.29. The number of pyridine rings is 2. The average Bonchev–Trinajstić information content (AvgIpc) is 3.12. The minimum absolute atomic E-state index is 0.562. The van der Waals surface area contributed by atoms with Crippen molar-refractivity contribution >= 4 is 34.0 Å². The molecule has 0 saturated heterocycles. The Balaban J connectivity index is 2.11. The van der Waals surface area contributed by atoms with E-state index in [-0.39, 0.29) is 0 Å². The number of halogens is 1. The van der Waals surface area contributed by atoms with Gasteiger partial charge in [0.15, 0.2) is 5.65 Å². The van der Waals surface area contributed by atoms with Gasteiger partial charge in [-0.1, -0.05) is 17.7 Å². The SMILES string of the molecule is CNc1cc2c(cn1)cc(-c1c(C)ccc(OC)c1Cl)c1ncnn12. The molecular weight excluding hydrogens is 338 g/mol. The normalized spacial score (nSPS) is 11.2. The molecule has 0 atom stereocenters. The van der Waals surface area contributed by atoms with Crippen LogP contribution in [0.15, 0.2) is 36.8 Å². The first kappa shape index (κ1) is 15.7. The van der Waals surface area contributed by atoms with Gasteiger partial charge in [0.25, 0.3) is 0 Å². The van der Waals surface area contributed by atoms with E-state index in [1.807, 2.05) is 48.9 Å². The summed E-state index contributed by atoms with van der Waals surface area (Å²) >= 11 is 6.61. The Kier molecular flexibility index (Phi) is 3.69. The van der Waals surface area contributed by atoms with Crippen LogP contribution in [0, 0.1) is 6.92 Å². The molecule has 0 aliphatic rings. The van der Waals surface area contributed by atoms with Crippen LogP contribution in [-0.2, 0) is 0 Å². The predicted octanol–water partition coefficient (Wildman–Crippen LogP) is 3.96. The molecule has 0 bridgehead atoms. The van der Waals surface area contributed by atoms with Gasteiger partial charge in [-0.25, -0.2) is 14.5 Å². The number of aryl methyl sites for hydroxylation is 1. The van der Waals surface area contributed by atoms with Crippen LogP contribution >= 0.6 is 11.6 Å². The topological polar surface area (TPSA) is 64.3 Å². The Hall–Kier alpha value is -2.86. The number of anilines is 1. The molecule has 1 N–H and O–H groups in total. The molecule has 0 amide bonds. The Morgan fingerprint density at radius 2 is 2.04 bits per heavy atom. The highest BCUT2D eigenvalue weighted by molar-refractivity contribution is 6.35.